The number of amides is 1. The van der Waals surface area contributed by atoms with Crippen molar-refractivity contribution in [2.45, 2.75) is 0 Å². The first-order valence-corrected chi connectivity index (χ1v) is 9.39. The molecule has 0 fully saturated rings. The lowest BCUT2D eigenvalue weighted by Crippen LogP contribution is -2.19. The van der Waals surface area contributed by atoms with Crippen molar-refractivity contribution in [3.8, 4) is 28.6 Å². The van der Waals surface area contributed by atoms with Crippen LogP contribution in [0.25, 0.3) is 17.1 Å². The largest absolute Gasteiger partial charge is 0.499 e. The van der Waals surface area contributed by atoms with Crippen LogP contribution in [0.2, 0.25) is 0 Å². The summed E-state index contributed by atoms with van der Waals surface area (Å²) in [6.07, 6.45) is 1.15. The minimum Gasteiger partial charge on any atom is -0.499 e. The van der Waals surface area contributed by atoms with Gasteiger partial charge in [-0.2, -0.15) is 9.78 Å². The normalized spacial score (nSPS) is 11.0. The van der Waals surface area contributed by atoms with Crippen molar-refractivity contribution in [1.29, 1.82) is 0 Å². The number of nitrogen functional groups attached to an aromatic ring is 1. The number of anilines is 1. The highest BCUT2D eigenvalue weighted by atomic mass is 16.6. The maximum atomic E-state index is 12.9. The summed E-state index contributed by atoms with van der Waals surface area (Å²) in [6, 6.07) is 11.1. The third-order valence-electron chi connectivity index (χ3n) is 4.54. The van der Waals surface area contributed by atoms with Crippen LogP contribution in [-0.2, 0) is 0 Å². The first-order valence-electron chi connectivity index (χ1n) is 9.39. The molecule has 4 N–H and O–H groups in total. The number of methoxy groups -OCH3 is 1. The fourth-order valence-corrected chi connectivity index (χ4v) is 3.03. The van der Waals surface area contributed by atoms with Crippen LogP contribution in [0.1, 0.15) is 16.1 Å². The molecule has 2 aromatic heterocycles. The number of nitro benzene ring substituents is 1. The summed E-state index contributed by atoms with van der Waals surface area (Å²) < 4.78 is 10.8. The van der Waals surface area contributed by atoms with Gasteiger partial charge in [-0.25, -0.2) is 10.1 Å². The van der Waals surface area contributed by atoms with E-state index in [4.69, 9.17) is 10.5 Å². The van der Waals surface area contributed by atoms with Gasteiger partial charge in [0.2, 0.25) is 17.4 Å². The maximum absolute atomic E-state index is 12.9. The average molecular weight is 465 g/mol. The topological polar surface area (TPSA) is 210 Å². The van der Waals surface area contributed by atoms with Crippen molar-refractivity contribution in [3.63, 3.8) is 0 Å². The number of nitrogens with zero attached hydrogens (tertiary/aromatic N) is 7. The third kappa shape index (κ3) is 3.95. The third-order valence-corrected chi connectivity index (χ3v) is 4.54. The molecule has 172 valence electrons. The lowest BCUT2D eigenvalue weighted by atomic mass is 10.1. The van der Waals surface area contributed by atoms with Crippen LogP contribution < -0.4 is 15.9 Å². The first kappa shape index (κ1) is 21.9. The number of aromatic hydroxyl groups is 1. The molecule has 0 saturated carbocycles. The number of rotatable bonds is 7. The van der Waals surface area contributed by atoms with Crippen molar-refractivity contribution >= 4 is 23.6 Å². The van der Waals surface area contributed by atoms with Crippen LogP contribution in [0.15, 0.2) is 52.2 Å². The quantitative estimate of drug-likeness (QED) is 0.201. The Balaban J connectivity index is 1.66. The van der Waals surface area contributed by atoms with E-state index in [1.807, 2.05) is 0 Å². The summed E-state index contributed by atoms with van der Waals surface area (Å²) in [5.74, 6) is -1.60. The summed E-state index contributed by atoms with van der Waals surface area (Å²) in [7, 11) is 1.23. The van der Waals surface area contributed by atoms with Gasteiger partial charge in [0.05, 0.1) is 18.2 Å². The van der Waals surface area contributed by atoms with E-state index >= 15 is 0 Å². The van der Waals surface area contributed by atoms with Gasteiger partial charge in [-0.3, -0.25) is 14.9 Å². The van der Waals surface area contributed by atoms with Crippen molar-refractivity contribution < 1.29 is 24.2 Å². The summed E-state index contributed by atoms with van der Waals surface area (Å²) in [6.45, 7) is 0. The second-order valence-electron chi connectivity index (χ2n) is 6.55. The SMILES string of the molecule is COc1c(/C=N/NC(=O)c2nnn(-c3nonc3N)c2-c2ccccc2)ccc([N+](=O)[O-])c1O. The molecule has 0 aliphatic heterocycles. The lowest BCUT2D eigenvalue weighted by Gasteiger charge is -2.07. The fourth-order valence-electron chi connectivity index (χ4n) is 3.03. The predicted molar refractivity (Wildman–Crippen MR) is 115 cm³/mol. The number of nitrogens with one attached hydrogen (secondary N) is 1. The van der Waals surface area contributed by atoms with E-state index in [1.54, 1.807) is 30.3 Å². The summed E-state index contributed by atoms with van der Waals surface area (Å²) in [5, 5.41) is 39.9. The smallest absolute Gasteiger partial charge is 0.314 e. The lowest BCUT2D eigenvalue weighted by molar-refractivity contribution is -0.385. The number of carbonyl (C=O) groups is 1. The van der Waals surface area contributed by atoms with Gasteiger partial charge in [0, 0.05) is 17.2 Å². The zero-order valence-electron chi connectivity index (χ0n) is 17.3. The molecule has 0 saturated heterocycles. The number of nitro groups is 1. The summed E-state index contributed by atoms with van der Waals surface area (Å²) in [4.78, 5) is 23.1. The number of phenolic OH excluding ortho intramolecular Hbond substituents is 1. The van der Waals surface area contributed by atoms with Crippen molar-refractivity contribution in [2.75, 3.05) is 12.8 Å². The van der Waals surface area contributed by atoms with Crippen LogP contribution in [0.4, 0.5) is 11.5 Å². The molecule has 0 aliphatic carbocycles. The van der Waals surface area contributed by atoms with E-state index in [9.17, 15) is 20.0 Å². The Morgan fingerprint density at radius 2 is 2.06 bits per heavy atom. The van der Waals surface area contributed by atoms with Crippen LogP contribution in [0, 0.1) is 10.1 Å². The Hall–Kier alpha value is -5.34. The molecule has 0 radical (unpaired) electrons. The zero-order valence-corrected chi connectivity index (χ0v) is 17.3. The van der Waals surface area contributed by atoms with E-state index in [0.717, 1.165) is 12.3 Å². The number of benzene rings is 2. The molecule has 34 heavy (non-hydrogen) atoms. The maximum Gasteiger partial charge on any atom is 0.314 e. The Labute approximate surface area is 189 Å². The Morgan fingerprint density at radius 3 is 2.71 bits per heavy atom. The molecule has 15 heteroatoms. The van der Waals surface area contributed by atoms with Crippen molar-refractivity contribution in [3.05, 3.63) is 63.8 Å². The van der Waals surface area contributed by atoms with Crippen molar-refractivity contribution in [1.82, 2.24) is 30.7 Å². The molecule has 4 aromatic rings. The van der Waals surface area contributed by atoms with Gasteiger partial charge in [-0.15, -0.1) is 5.10 Å². The zero-order chi connectivity index (χ0) is 24.2. The molecular formula is C19H15N9O6. The standard InChI is InChI=1S/C19H15N9O6/c1-33-16-11(7-8-12(15(16)29)28(31)32)9-21-23-19(30)13-14(10-5-3-2-4-6-10)27(26-22-13)18-17(20)24-34-25-18/h2-9,29H,1H3,(H2,20,24)(H,23,30)/b21-9+. The number of carbonyl (C=O) groups excluding carboxylic acids is 1. The number of hydrazone groups is 1. The van der Waals surface area contributed by atoms with Gasteiger partial charge in [0.25, 0.3) is 5.91 Å². The number of phenols is 1. The minimum atomic E-state index is -0.758. The molecule has 0 bridgehead atoms. The number of aromatic nitrogens is 5. The summed E-state index contributed by atoms with van der Waals surface area (Å²) in [5.41, 5.74) is 8.42. The number of hydrogen-bond donors (Lipinski definition) is 3. The molecular weight excluding hydrogens is 450 g/mol. The second kappa shape index (κ2) is 9.03. The van der Waals surface area contributed by atoms with E-state index in [0.29, 0.717) is 5.56 Å². The number of ether oxygens (including phenoxy) is 1. The van der Waals surface area contributed by atoms with E-state index < -0.39 is 22.3 Å². The van der Waals surface area contributed by atoms with Gasteiger partial charge in [-0.05, 0) is 16.4 Å². The van der Waals surface area contributed by atoms with E-state index in [2.05, 4.69) is 35.8 Å². The van der Waals surface area contributed by atoms with Gasteiger partial charge in [-0.1, -0.05) is 35.5 Å². The van der Waals surface area contributed by atoms with Crippen LogP contribution in [0.5, 0.6) is 11.5 Å². The monoisotopic (exact) mass is 465 g/mol. The Kier molecular flexibility index (Phi) is 5.81. The first-order chi connectivity index (χ1) is 16.4. The van der Waals surface area contributed by atoms with Gasteiger partial charge < -0.3 is 15.6 Å². The van der Waals surface area contributed by atoms with E-state index in [-0.39, 0.29) is 34.3 Å². The van der Waals surface area contributed by atoms with Crippen LogP contribution in [0.3, 0.4) is 0 Å². The van der Waals surface area contributed by atoms with Gasteiger partial charge in [0.1, 0.15) is 5.69 Å². The van der Waals surface area contributed by atoms with Gasteiger partial charge >= 0.3 is 5.69 Å². The molecule has 1 amide bonds. The molecule has 0 aliphatic rings. The van der Waals surface area contributed by atoms with Crippen LogP contribution >= 0.6 is 0 Å². The highest BCUT2D eigenvalue weighted by molar-refractivity contribution is 5.99. The number of nitrogens with two attached hydrogens (primary N) is 1. The highest BCUT2D eigenvalue weighted by Crippen LogP contribution is 2.37. The number of hydrogen-bond acceptors (Lipinski definition) is 12. The van der Waals surface area contributed by atoms with Gasteiger partial charge in [0.15, 0.2) is 11.4 Å². The molecule has 2 heterocycles. The average Bonchev–Trinajstić information content (AvgIpc) is 3.45. The molecule has 2 aromatic carbocycles. The fraction of sp³-hybridized carbons (Fsp3) is 0.0526. The Bertz CT molecular complexity index is 1400. The molecule has 4 rings (SSSR count). The second-order valence-corrected chi connectivity index (χ2v) is 6.55. The highest BCUT2D eigenvalue weighted by Gasteiger charge is 2.25. The molecule has 0 spiro atoms. The molecule has 15 nitrogen and oxygen atoms in total. The van der Waals surface area contributed by atoms with Crippen molar-refractivity contribution in [2.24, 2.45) is 5.10 Å². The molecule has 0 unspecified atom stereocenters. The summed E-state index contributed by atoms with van der Waals surface area (Å²) >= 11 is 0. The molecule has 0 atom stereocenters. The minimum absolute atomic E-state index is 0.0417. The van der Waals surface area contributed by atoms with Crippen LogP contribution in [-0.4, -0.2) is 54.6 Å². The predicted octanol–water partition coefficient (Wildman–Crippen LogP) is 1.29. The Morgan fingerprint density at radius 1 is 1.29 bits per heavy atom. The van der Waals surface area contributed by atoms with E-state index in [1.165, 1.54) is 17.9 Å².